The van der Waals surface area contributed by atoms with E-state index in [1.165, 1.54) is 137 Å². The predicted molar refractivity (Wildman–Crippen MR) is 279 cm³/mol. The molecule has 1 aromatic heterocycles. The highest BCUT2D eigenvalue weighted by molar-refractivity contribution is 6.27. The highest BCUT2D eigenvalue weighted by Gasteiger charge is 2.26. The fourth-order valence-electron chi connectivity index (χ4n) is 11.2. The Bertz CT molecular complexity index is 4200. The van der Waals surface area contributed by atoms with Crippen LogP contribution in [-0.4, -0.2) is 4.57 Å². The Morgan fingerprint density at radius 3 is 1.34 bits per heavy atom. The second-order valence-corrected chi connectivity index (χ2v) is 17.6. The second-order valence-electron chi connectivity index (χ2n) is 17.6. The monoisotopic (exact) mass is 821 g/mol. The zero-order valence-electron chi connectivity index (χ0n) is 35.5. The largest absolute Gasteiger partial charge is 0.308 e. The van der Waals surface area contributed by atoms with Gasteiger partial charge < -0.3 is 4.57 Å². The van der Waals surface area contributed by atoms with E-state index < -0.39 is 0 Å². The lowest BCUT2D eigenvalue weighted by atomic mass is 9.84. The molecule has 1 heteroatoms. The Kier molecular flexibility index (Phi) is 7.75. The molecule has 65 heavy (non-hydrogen) atoms. The molecule has 14 rings (SSSR count). The van der Waals surface area contributed by atoms with Crippen molar-refractivity contribution in [2.24, 2.45) is 0 Å². The van der Waals surface area contributed by atoms with Crippen molar-refractivity contribution in [3.05, 3.63) is 237 Å². The van der Waals surface area contributed by atoms with Gasteiger partial charge in [0.2, 0.25) is 0 Å². The molecule has 0 saturated carbocycles. The molecular weight excluding hydrogens is 783 g/mol. The van der Waals surface area contributed by atoms with E-state index in [0.29, 0.717) is 0 Å². The van der Waals surface area contributed by atoms with Crippen molar-refractivity contribution in [3.63, 3.8) is 0 Å². The molecule has 0 aliphatic carbocycles. The van der Waals surface area contributed by atoms with Gasteiger partial charge in [-0.25, -0.2) is 0 Å². The van der Waals surface area contributed by atoms with Gasteiger partial charge in [-0.15, -0.1) is 0 Å². The fraction of sp³-hybridized carbons (Fsp3) is 0. The van der Waals surface area contributed by atoms with Crippen molar-refractivity contribution < 1.29 is 0 Å². The first-order chi connectivity index (χ1) is 32.2. The average molecular weight is 822 g/mol. The van der Waals surface area contributed by atoms with Crippen LogP contribution in [-0.2, 0) is 0 Å². The first-order valence-corrected chi connectivity index (χ1v) is 22.6. The summed E-state index contributed by atoms with van der Waals surface area (Å²) >= 11 is 0. The van der Waals surface area contributed by atoms with Crippen molar-refractivity contribution in [3.8, 4) is 50.3 Å². The summed E-state index contributed by atoms with van der Waals surface area (Å²) in [5, 5.41) is 18.8. The van der Waals surface area contributed by atoms with Crippen molar-refractivity contribution in [1.29, 1.82) is 0 Å². The van der Waals surface area contributed by atoms with E-state index in [1.807, 2.05) is 0 Å². The first kappa shape index (κ1) is 36.0. The number of fused-ring (bicyclic) bond motifs is 5. The molecule has 1 nitrogen and oxygen atoms in total. The molecule has 0 saturated heterocycles. The van der Waals surface area contributed by atoms with Crippen LogP contribution in [0, 0.1) is 0 Å². The molecule has 0 amide bonds. The molecule has 0 N–H and O–H groups in total. The SMILES string of the molecule is c1ccc(-c2c(-c3ccccc3)n(-c3ccc4ccc5cccc6ccc3c4c56)c3cc4c(-c5ccc6ccccc6c5)c5ccccc5c(-c5ccc6ccccc6c5)c4cc23)cc1. The van der Waals surface area contributed by atoms with Crippen LogP contribution in [0.15, 0.2) is 237 Å². The molecule has 0 aliphatic heterocycles. The molecule has 13 aromatic carbocycles. The van der Waals surface area contributed by atoms with Crippen LogP contribution in [0.1, 0.15) is 0 Å². The summed E-state index contributed by atoms with van der Waals surface area (Å²) < 4.78 is 2.59. The maximum Gasteiger partial charge on any atom is 0.0619 e. The van der Waals surface area contributed by atoms with Crippen LogP contribution in [0.5, 0.6) is 0 Å². The molecule has 0 spiro atoms. The maximum atomic E-state index is 2.59. The van der Waals surface area contributed by atoms with Crippen LogP contribution in [0.2, 0.25) is 0 Å². The Hall–Kier alpha value is -8.52. The number of nitrogens with zero attached hydrogens (tertiary/aromatic N) is 1. The fourth-order valence-corrected chi connectivity index (χ4v) is 11.2. The number of benzene rings is 13. The zero-order chi connectivity index (χ0) is 42.6. The molecule has 0 atom stereocenters. The molecule has 1 heterocycles. The van der Waals surface area contributed by atoms with Crippen molar-refractivity contribution in [1.82, 2.24) is 4.57 Å². The second kappa shape index (κ2) is 14.0. The van der Waals surface area contributed by atoms with E-state index in [9.17, 15) is 0 Å². The molecule has 0 bridgehead atoms. The van der Waals surface area contributed by atoms with Gasteiger partial charge in [0.1, 0.15) is 0 Å². The number of aromatic nitrogens is 1. The van der Waals surface area contributed by atoms with Gasteiger partial charge in [0.05, 0.1) is 16.9 Å². The van der Waals surface area contributed by atoms with E-state index in [4.69, 9.17) is 0 Å². The van der Waals surface area contributed by atoms with Gasteiger partial charge in [0.15, 0.2) is 0 Å². The minimum atomic E-state index is 1.17. The van der Waals surface area contributed by atoms with Crippen molar-refractivity contribution >= 4 is 86.3 Å². The highest BCUT2D eigenvalue weighted by atomic mass is 15.0. The molecule has 0 unspecified atom stereocenters. The van der Waals surface area contributed by atoms with Crippen molar-refractivity contribution in [2.75, 3.05) is 0 Å². The van der Waals surface area contributed by atoms with Crippen LogP contribution in [0.4, 0.5) is 0 Å². The quantitative estimate of drug-likeness (QED) is 0.120. The Balaban J connectivity index is 1.22. The summed E-state index contributed by atoms with van der Waals surface area (Å²) in [4.78, 5) is 0. The summed E-state index contributed by atoms with van der Waals surface area (Å²) in [7, 11) is 0. The third-order valence-corrected chi connectivity index (χ3v) is 14.0. The molecule has 300 valence electrons. The standard InChI is InChI=1S/C64H39N/c1-3-16-42(17-4-1)63-56-38-54-55(39-58(56)65(64(63)46-18-5-2-6-19-46)57-35-33-45-29-28-43-22-13-23-44-32-34-53(57)62(45)59(43)44)61(50-31-27-41-15-8-10-21-48(41)37-50)52-25-12-11-24-51(52)60(54)49-30-26-40-14-7-9-20-47(40)36-49/h1-39H. The molecular formula is C64H39N. The third kappa shape index (κ3) is 5.40. The van der Waals surface area contributed by atoms with Crippen LogP contribution in [0.3, 0.4) is 0 Å². The van der Waals surface area contributed by atoms with E-state index >= 15 is 0 Å². The van der Waals surface area contributed by atoms with E-state index in [-0.39, 0.29) is 0 Å². The van der Waals surface area contributed by atoms with Crippen molar-refractivity contribution in [2.45, 2.75) is 0 Å². The van der Waals surface area contributed by atoms with E-state index in [0.717, 1.165) is 0 Å². The molecule has 0 fully saturated rings. The van der Waals surface area contributed by atoms with Gasteiger partial charge in [-0.1, -0.05) is 206 Å². The Morgan fingerprint density at radius 2 is 0.708 bits per heavy atom. The Morgan fingerprint density at radius 1 is 0.231 bits per heavy atom. The normalized spacial score (nSPS) is 12.0. The van der Waals surface area contributed by atoms with E-state index in [1.54, 1.807) is 0 Å². The van der Waals surface area contributed by atoms with Gasteiger partial charge in [-0.2, -0.15) is 0 Å². The topological polar surface area (TPSA) is 4.93 Å². The van der Waals surface area contributed by atoms with Crippen LogP contribution < -0.4 is 0 Å². The Labute approximate surface area is 376 Å². The molecule has 0 radical (unpaired) electrons. The van der Waals surface area contributed by atoms with Gasteiger partial charge in [0.25, 0.3) is 0 Å². The molecule has 14 aromatic rings. The van der Waals surface area contributed by atoms with Gasteiger partial charge in [-0.05, 0) is 134 Å². The van der Waals surface area contributed by atoms with Gasteiger partial charge in [0, 0.05) is 16.3 Å². The molecule has 0 aliphatic rings. The van der Waals surface area contributed by atoms with Crippen LogP contribution in [0.25, 0.3) is 137 Å². The summed E-state index contributed by atoms with van der Waals surface area (Å²) in [5.74, 6) is 0. The summed E-state index contributed by atoms with van der Waals surface area (Å²) in [6.07, 6.45) is 0. The predicted octanol–water partition coefficient (Wildman–Crippen LogP) is 17.8. The van der Waals surface area contributed by atoms with Crippen LogP contribution >= 0.6 is 0 Å². The minimum absolute atomic E-state index is 1.17. The summed E-state index contributed by atoms with van der Waals surface area (Å²) in [6.45, 7) is 0. The lowest BCUT2D eigenvalue weighted by Gasteiger charge is -2.20. The lowest BCUT2D eigenvalue weighted by Crippen LogP contribution is -2.00. The van der Waals surface area contributed by atoms with Gasteiger partial charge >= 0.3 is 0 Å². The van der Waals surface area contributed by atoms with Gasteiger partial charge in [-0.3, -0.25) is 0 Å². The highest BCUT2D eigenvalue weighted by Crippen LogP contribution is 2.51. The lowest BCUT2D eigenvalue weighted by molar-refractivity contribution is 1.15. The number of hydrogen-bond acceptors (Lipinski definition) is 0. The third-order valence-electron chi connectivity index (χ3n) is 14.0. The summed E-state index contributed by atoms with van der Waals surface area (Å²) in [6, 6.07) is 88.3. The minimum Gasteiger partial charge on any atom is -0.308 e. The van der Waals surface area contributed by atoms with E-state index in [2.05, 4.69) is 241 Å². The average Bonchev–Trinajstić information content (AvgIpc) is 3.70. The maximum absolute atomic E-state index is 2.59. The smallest absolute Gasteiger partial charge is 0.0619 e. The zero-order valence-corrected chi connectivity index (χ0v) is 35.5. The number of hydrogen-bond donors (Lipinski definition) is 0. The summed E-state index contributed by atoms with van der Waals surface area (Å²) in [5.41, 5.74) is 12.0. The first-order valence-electron chi connectivity index (χ1n) is 22.6. The number of rotatable bonds is 5.